The number of hydrogen-bond acceptors (Lipinski definition) is 7. The highest BCUT2D eigenvalue weighted by Crippen LogP contribution is 2.27. The van der Waals surface area contributed by atoms with E-state index in [-0.39, 0.29) is 18.1 Å². The topological polar surface area (TPSA) is 90.8 Å². The molecule has 33 heavy (non-hydrogen) atoms. The molecule has 1 aromatic heterocycles. The molecule has 1 atom stereocenters. The maximum Gasteiger partial charge on any atom is 0.272 e. The molecule has 2 saturated heterocycles. The van der Waals surface area contributed by atoms with Crippen LogP contribution in [0.25, 0.3) is 0 Å². The Kier molecular flexibility index (Phi) is 6.46. The fourth-order valence-electron chi connectivity index (χ4n) is 5.26. The molecule has 8 heteroatoms. The molecule has 3 aliphatic heterocycles. The Morgan fingerprint density at radius 2 is 1.85 bits per heavy atom. The zero-order chi connectivity index (χ0) is 22.8. The van der Waals surface area contributed by atoms with E-state index >= 15 is 0 Å². The highest BCUT2D eigenvalue weighted by molar-refractivity contribution is 5.94. The van der Waals surface area contributed by atoms with E-state index in [2.05, 4.69) is 26.3 Å². The van der Waals surface area contributed by atoms with E-state index < -0.39 is 0 Å². The molecular formula is C25H33N5O3. The molecule has 2 N–H and O–H groups in total. The zero-order valence-corrected chi connectivity index (χ0v) is 19.2. The maximum atomic E-state index is 13.3. The lowest BCUT2D eigenvalue weighted by Crippen LogP contribution is -2.49. The Morgan fingerprint density at radius 1 is 1.09 bits per heavy atom. The fraction of sp³-hybridized carbons (Fsp3) is 0.560. The lowest BCUT2D eigenvalue weighted by atomic mass is 9.98. The molecule has 176 valence electrons. The number of likely N-dealkylation sites (tertiary alicyclic amines) is 2. The zero-order valence-electron chi connectivity index (χ0n) is 19.2. The monoisotopic (exact) mass is 451 g/mol. The highest BCUT2D eigenvalue weighted by Gasteiger charge is 2.31. The summed E-state index contributed by atoms with van der Waals surface area (Å²) in [6, 6.07) is 8.68. The second kappa shape index (κ2) is 9.65. The number of carbonyl (C=O) groups is 1. The van der Waals surface area contributed by atoms with Crippen LogP contribution >= 0.6 is 0 Å². The first kappa shape index (κ1) is 22.1. The lowest BCUT2D eigenvalue weighted by molar-refractivity contribution is 0.0355. The molecular weight excluding hydrogens is 418 g/mol. The molecule has 0 radical (unpaired) electrons. The van der Waals surface area contributed by atoms with Crippen LogP contribution < -0.4 is 10.1 Å². The summed E-state index contributed by atoms with van der Waals surface area (Å²) in [5.74, 6) is 1.62. The van der Waals surface area contributed by atoms with Crippen LogP contribution in [-0.2, 0) is 6.42 Å². The van der Waals surface area contributed by atoms with Crippen LogP contribution in [0.5, 0.6) is 5.75 Å². The number of aromatic nitrogens is 2. The number of amides is 1. The van der Waals surface area contributed by atoms with Crippen molar-refractivity contribution >= 4 is 11.7 Å². The van der Waals surface area contributed by atoms with E-state index in [0.717, 1.165) is 69.6 Å². The number of hydrogen-bond donors (Lipinski definition) is 2. The summed E-state index contributed by atoms with van der Waals surface area (Å²) >= 11 is 0. The van der Waals surface area contributed by atoms with E-state index in [0.29, 0.717) is 24.2 Å². The van der Waals surface area contributed by atoms with Gasteiger partial charge in [0, 0.05) is 37.8 Å². The SMILES string of the molecule is Cc1c(NC2COc3ccccc3C2)ncnc1C(=O)N1CCC(N2CCC(O)CC2)CC1. The number of piperidine rings is 2. The van der Waals surface area contributed by atoms with Gasteiger partial charge in [0.2, 0.25) is 0 Å². The number of ether oxygens (including phenoxy) is 1. The van der Waals surface area contributed by atoms with Crippen molar-refractivity contribution in [1.29, 1.82) is 0 Å². The third kappa shape index (κ3) is 4.82. The molecule has 3 aliphatic rings. The van der Waals surface area contributed by atoms with Gasteiger partial charge < -0.3 is 25.0 Å². The smallest absolute Gasteiger partial charge is 0.272 e. The van der Waals surface area contributed by atoms with E-state index in [4.69, 9.17) is 4.74 Å². The summed E-state index contributed by atoms with van der Waals surface area (Å²) in [5, 5.41) is 13.2. The predicted octanol–water partition coefficient (Wildman–Crippen LogP) is 2.26. The van der Waals surface area contributed by atoms with Crippen molar-refractivity contribution in [3.63, 3.8) is 0 Å². The summed E-state index contributed by atoms with van der Waals surface area (Å²) in [7, 11) is 0. The van der Waals surface area contributed by atoms with Crippen molar-refractivity contribution in [2.75, 3.05) is 38.1 Å². The number of benzene rings is 1. The summed E-state index contributed by atoms with van der Waals surface area (Å²) in [5.41, 5.74) is 2.44. The van der Waals surface area contributed by atoms with Gasteiger partial charge in [0.1, 0.15) is 30.2 Å². The first-order valence-corrected chi connectivity index (χ1v) is 12.1. The number of para-hydroxylation sites is 1. The molecule has 0 saturated carbocycles. The van der Waals surface area contributed by atoms with Gasteiger partial charge in [-0.15, -0.1) is 0 Å². The molecule has 1 aromatic carbocycles. The predicted molar refractivity (Wildman–Crippen MR) is 126 cm³/mol. The summed E-state index contributed by atoms with van der Waals surface area (Å²) in [4.78, 5) is 26.5. The number of aliphatic hydroxyl groups excluding tert-OH is 1. The Balaban J connectivity index is 1.21. The second-order valence-corrected chi connectivity index (χ2v) is 9.45. The van der Waals surface area contributed by atoms with Gasteiger partial charge in [0.15, 0.2) is 0 Å². The molecule has 1 unspecified atom stereocenters. The number of rotatable bonds is 4. The Labute approximate surface area is 195 Å². The van der Waals surface area contributed by atoms with E-state index in [9.17, 15) is 9.90 Å². The largest absolute Gasteiger partial charge is 0.491 e. The van der Waals surface area contributed by atoms with Crippen LogP contribution in [-0.4, -0.2) is 81.8 Å². The number of carbonyl (C=O) groups excluding carboxylic acids is 1. The van der Waals surface area contributed by atoms with Crippen LogP contribution in [0.15, 0.2) is 30.6 Å². The third-order valence-corrected chi connectivity index (χ3v) is 7.27. The summed E-state index contributed by atoms with van der Waals surface area (Å²) in [6.45, 7) is 5.86. The third-order valence-electron chi connectivity index (χ3n) is 7.27. The molecule has 1 amide bonds. The van der Waals surface area contributed by atoms with E-state index in [1.807, 2.05) is 30.0 Å². The van der Waals surface area contributed by atoms with Gasteiger partial charge in [-0.2, -0.15) is 0 Å². The standard InChI is InChI=1S/C25H33N5O3/c1-17-23(25(32)30-10-6-20(7-11-30)29-12-8-21(31)9-13-29)26-16-27-24(17)28-19-14-18-4-2-3-5-22(18)33-15-19/h2-5,16,19-21,31H,6-15H2,1H3,(H,26,27,28). The minimum absolute atomic E-state index is 0.0179. The number of nitrogens with one attached hydrogen (secondary N) is 1. The van der Waals surface area contributed by atoms with Crippen molar-refractivity contribution in [1.82, 2.24) is 19.8 Å². The molecule has 0 bridgehead atoms. The summed E-state index contributed by atoms with van der Waals surface area (Å²) < 4.78 is 5.89. The Hall–Kier alpha value is -2.71. The van der Waals surface area contributed by atoms with Gasteiger partial charge in [-0.25, -0.2) is 9.97 Å². The van der Waals surface area contributed by atoms with Crippen LogP contribution in [0.1, 0.15) is 47.3 Å². The quantitative estimate of drug-likeness (QED) is 0.737. The molecule has 0 aliphatic carbocycles. The molecule has 4 heterocycles. The maximum absolute atomic E-state index is 13.3. The average molecular weight is 452 g/mol. The minimum Gasteiger partial charge on any atom is -0.491 e. The van der Waals surface area contributed by atoms with Crippen molar-refractivity contribution in [3.05, 3.63) is 47.4 Å². The van der Waals surface area contributed by atoms with Gasteiger partial charge in [-0.05, 0) is 50.7 Å². The van der Waals surface area contributed by atoms with Crippen LogP contribution in [0.3, 0.4) is 0 Å². The van der Waals surface area contributed by atoms with Crippen molar-refractivity contribution in [3.8, 4) is 5.75 Å². The van der Waals surface area contributed by atoms with Crippen molar-refractivity contribution in [2.24, 2.45) is 0 Å². The van der Waals surface area contributed by atoms with Crippen LogP contribution in [0, 0.1) is 6.92 Å². The molecule has 5 rings (SSSR count). The highest BCUT2D eigenvalue weighted by atomic mass is 16.5. The number of fused-ring (bicyclic) bond motifs is 1. The van der Waals surface area contributed by atoms with Gasteiger partial charge in [0.05, 0.1) is 12.1 Å². The number of anilines is 1. The van der Waals surface area contributed by atoms with Crippen LogP contribution in [0.2, 0.25) is 0 Å². The Morgan fingerprint density at radius 3 is 2.64 bits per heavy atom. The average Bonchev–Trinajstić information content (AvgIpc) is 2.85. The normalized spacial score (nSPS) is 22.5. The Bertz CT molecular complexity index is 984. The first-order valence-electron chi connectivity index (χ1n) is 12.1. The molecule has 2 aromatic rings. The van der Waals surface area contributed by atoms with Gasteiger partial charge >= 0.3 is 0 Å². The van der Waals surface area contributed by atoms with Gasteiger partial charge in [-0.1, -0.05) is 18.2 Å². The summed E-state index contributed by atoms with van der Waals surface area (Å²) in [6.07, 6.45) is 5.82. The fourth-order valence-corrected chi connectivity index (χ4v) is 5.26. The van der Waals surface area contributed by atoms with E-state index in [1.165, 1.54) is 11.9 Å². The van der Waals surface area contributed by atoms with Gasteiger partial charge in [0.25, 0.3) is 5.91 Å². The minimum atomic E-state index is -0.152. The first-order chi connectivity index (χ1) is 16.1. The number of aliphatic hydroxyl groups is 1. The van der Waals surface area contributed by atoms with E-state index in [1.54, 1.807) is 0 Å². The second-order valence-electron chi connectivity index (χ2n) is 9.45. The molecule has 0 spiro atoms. The van der Waals surface area contributed by atoms with Crippen molar-refractivity contribution in [2.45, 2.75) is 57.2 Å². The van der Waals surface area contributed by atoms with Gasteiger partial charge in [-0.3, -0.25) is 4.79 Å². The van der Waals surface area contributed by atoms with Crippen molar-refractivity contribution < 1.29 is 14.6 Å². The van der Waals surface area contributed by atoms with Crippen LogP contribution in [0.4, 0.5) is 5.82 Å². The lowest BCUT2D eigenvalue weighted by Gasteiger charge is -2.41. The molecule has 8 nitrogen and oxygen atoms in total. The molecule has 2 fully saturated rings. The number of nitrogens with zero attached hydrogens (tertiary/aromatic N) is 4.